The number of aliphatic hydroxyl groups excluding tert-OH is 1. The van der Waals surface area contributed by atoms with Crippen LogP contribution in [0.5, 0.6) is 5.75 Å². The van der Waals surface area contributed by atoms with E-state index in [9.17, 15) is 4.39 Å². The molecule has 2 aromatic carbocycles. The van der Waals surface area contributed by atoms with Gasteiger partial charge in [-0.1, -0.05) is 18.2 Å². The summed E-state index contributed by atoms with van der Waals surface area (Å²) in [7, 11) is 0. The molecule has 0 aromatic heterocycles. The summed E-state index contributed by atoms with van der Waals surface area (Å²) in [4.78, 5) is 0. The van der Waals surface area contributed by atoms with Crippen molar-refractivity contribution in [3.05, 3.63) is 65.0 Å². The summed E-state index contributed by atoms with van der Waals surface area (Å²) >= 11 is 0. The Morgan fingerprint density at radius 3 is 2.44 bits per heavy atom. The van der Waals surface area contributed by atoms with E-state index < -0.39 is 0 Å². The van der Waals surface area contributed by atoms with Crippen molar-refractivity contribution in [2.45, 2.75) is 20.1 Å². The average molecular weight is 246 g/mol. The van der Waals surface area contributed by atoms with Crippen LogP contribution in [0.3, 0.4) is 0 Å². The molecular weight excluding hydrogens is 231 g/mol. The number of benzene rings is 2. The normalized spacial score (nSPS) is 10.4. The SMILES string of the molecule is Cc1cc(OCc2ccc(F)cc2)ccc1CO. The number of hydrogen-bond acceptors (Lipinski definition) is 2. The fourth-order valence-corrected chi connectivity index (χ4v) is 1.68. The summed E-state index contributed by atoms with van der Waals surface area (Å²) in [5.74, 6) is 0.496. The molecule has 0 spiro atoms. The highest BCUT2D eigenvalue weighted by Crippen LogP contribution is 2.18. The van der Waals surface area contributed by atoms with Crippen molar-refractivity contribution in [3.63, 3.8) is 0 Å². The summed E-state index contributed by atoms with van der Waals surface area (Å²) in [5.41, 5.74) is 2.80. The topological polar surface area (TPSA) is 29.5 Å². The third-order valence-corrected chi connectivity index (χ3v) is 2.80. The van der Waals surface area contributed by atoms with Crippen molar-refractivity contribution in [1.82, 2.24) is 0 Å². The highest BCUT2D eigenvalue weighted by molar-refractivity contribution is 5.34. The Balaban J connectivity index is 2.02. The van der Waals surface area contributed by atoms with Crippen LogP contribution in [0.1, 0.15) is 16.7 Å². The minimum absolute atomic E-state index is 0.0318. The molecule has 0 radical (unpaired) electrons. The maximum absolute atomic E-state index is 12.7. The molecule has 0 bridgehead atoms. The Morgan fingerprint density at radius 2 is 1.83 bits per heavy atom. The van der Waals surface area contributed by atoms with Gasteiger partial charge in [0.1, 0.15) is 18.2 Å². The Labute approximate surface area is 106 Å². The van der Waals surface area contributed by atoms with Gasteiger partial charge in [0.2, 0.25) is 0 Å². The van der Waals surface area contributed by atoms with E-state index in [2.05, 4.69) is 0 Å². The van der Waals surface area contributed by atoms with Gasteiger partial charge in [-0.05, 0) is 47.9 Å². The van der Waals surface area contributed by atoms with Crippen LogP contribution in [0.4, 0.5) is 4.39 Å². The number of aryl methyl sites for hydroxylation is 1. The number of hydrogen-bond donors (Lipinski definition) is 1. The highest BCUT2D eigenvalue weighted by Gasteiger charge is 2.01. The van der Waals surface area contributed by atoms with Crippen molar-refractivity contribution in [1.29, 1.82) is 0 Å². The third-order valence-electron chi connectivity index (χ3n) is 2.80. The van der Waals surface area contributed by atoms with Gasteiger partial charge in [-0.2, -0.15) is 0 Å². The van der Waals surface area contributed by atoms with Gasteiger partial charge in [-0.25, -0.2) is 4.39 Å². The lowest BCUT2D eigenvalue weighted by Crippen LogP contribution is -1.97. The molecular formula is C15H15FO2. The maximum atomic E-state index is 12.7. The zero-order valence-electron chi connectivity index (χ0n) is 10.2. The van der Waals surface area contributed by atoms with Crippen LogP contribution in [0.15, 0.2) is 42.5 Å². The molecule has 0 unspecified atom stereocenters. The van der Waals surface area contributed by atoms with Crippen LogP contribution in [-0.4, -0.2) is 5.11 Å². The standard InChI is InChI=1S/C15H15FO2/c1-11-8-15(7-4-13(11)9-17)18-10-12-2-5-14(16)6-3-12/h2-8,17H,9-10H2,1H3. The van der Waals surface area contributed by atoms with E-state index in [0.29, 0.717) is 6.61 Å². The Hall–Kier alpha value is -1.87. The summed E-state index contributed by atoms with van der Waals surface area (Å²) < 4.78 is 18.3. The second-order valence-corrected chi connectivity index (χ2v) is 4.16. The lowest BCUT2D eigenvalue weighted by Gasteiger charge is -2.09. The van der Waals surface area contributed by atoms with Gasteiger partial charge in [-0.15, -0.1) is 0 Å². The van der Waals surface area contributed by atoms with Gasteiger partial charge in [0, 0.05) is 0 Å². The van der Waals surface area contributed by atoms with Crippen LogP contribution in [0.25, 0.3) is 0 Å². The zero-order valence-corrected chi connectivity index (χ0v) is 10.2. The molecule has 0 aliphatic heterocycles. The molecule has 2 nitrogen and oxygen atoms in total. The Kier molecular flexibility index (Phi) is 3.95. The Morgan fingerprint density at radius 1 is 1.11 bits per heavy atom. The highest BCUT2D eigenvalue weighted by atomic mass is 19.1. The molecule has 0 amide bonds. The fourth-order valence-electron chi connectivity index (χ4n) is 1.68. The molecule has 0 saturated carbocycles. The quantitative estimate of drug-likeness (QED) is 0.897. The second-order valence-electron chi connectivity index (χ2n) is 4.16. The van der Waals surface area contributed by atoms with Crippen LogP contribution >= 0.6 is 0 Å². The molecule has 0 saturated heterocycles. The van der Waals surface area contributed by atoms with Gasteiger partial charge < -0.3 is 9.84 Å². The lowest BCUT2D eigenvalue weighted by atomic mass is 10.1. The van der Waals surface area contributed by atoms with Crippen LogP contribution < -0.4 is 4.74 Å². The fraction of sp³-hybridized carbons (Fsp3) is 0.200. The van der Waals surface area contributed by atoms with Crippen molar-refractivity contribution in [2.24, 2.45) is 0 Å². The van der Waals surface area contributed by atoms with E-state index in [1.165, 1.54) is 12.1 Å². The first kappa shape index (κ1) is 12.6. The van der Waals surface area contributed by atoms with E-state index in [-0.39, 0.29) is 12.4 Å². The molecule has 94 valence electrons. The summed E-state index contributed by atoms with van der Waals surface area (Å²) in [6.45, 7) is 2.36. The monoisotopic (exact) mass is 246 g/mol. The second kappa shape index (κ2) is 5.65. The van der Waals surface area contributed by atoms with Gasteiger partial charge in [-0.3, -0.25) is 0 Å². The van der Waals surface area contributed by atoms with Gasteiger partial charge in [0.15, 0.2) is 0 Å². The predicted octanol–water partition coefficient (Wildman–Crippen LogP) is 3.21. The van der Waals surface area contributed by atoms with E-state index in [0.717, 1.165) is 22.4 Å². The summed E-state index contributed by atoms with van der Waals surface area (Å²) in [6.07, 6.45) is 0. The third kappa shape index (κ3) is 3.08. The van der Waals surface area contributed by atoms with E-state index >= 15 is 0 Å². The van der Waals surface area contributed by atoms with Crippen molar-refractivity contribution in [3.8, 4) is 5.75 Å². The number of rotatable bonds is 4. The zero-order chi connectivity index (χ0) is 13.0. The van der Waals surface area contributed by atoms with Crippen LogP contribution in [-0.2, 0) is 13.2 Å². The van der Waals surface area contributed by atoms with Gasteiger partial charge in [0.25, 0.3) is 0 Å². The number of aliphatic hydroxyl groups is 1. The first-order chi connectivity index (χ1) is 8.69. The molecule has 0 aliphatic carbocycles. The van der Waals surface area contributed by atoms with Crippen LogP contribution in [0.2, 0.25) is 0 Å². The molecule has 0 atom stereocenters. The minimum atomic E-state index is -0.248. The number of ether oxygens (including phenoxy) is 1. The molecule has 2 rings (SSSR count). The van der Waals surface area contributed by atoms with Gasteiger partial charge in [0.05, 0.1) is 6.61 Å². The molecule has 3 heteroatoms. The Bertz CT molecular complexity index is 521. The first-order valence-corrected chi connectivity index (χ1v) is 5.76. The summed E-state index contributed by atoms with van der Waals surface area (Å²) in [5, 5.41) is 9.07. The van der Waals surface area contributed by atoms with Gasteiger partial charge >= 0.3 is 0 Å². The van der Waals surface area contributed by atoms with Crippen molar-refractivity contribution < 1.29 is 14.2 Å². The minimum Gasteiger partial charge on any atom is -0.489 e. The number of halogens is 1. The summed E-state index contributed by atoms with van der Waals surface area (Å²) in [6, 6.07) is 11.8. The lowest BCUT2D eigenvalue weighted by molar-refractivity contribution is 0.280. The molecule has 0 heterocycles. The first-order valence-electron chi connectivity index (χ1n) is 5.76. The van der Waals surface area contributed by atoms with E-state index in [4.69, 9.17) is 9.84 Å². The largest absolute Gasteiger partial charge is 0.489 e. The van der Waals surface area contributed by atoms with Crippen molar-refractivity contribution >= 4 is 0 Å². The van der Waals surface area contributed by atoms with Crippen molar-refractivity contribution in [2.75, 3.05) is 0 Å². The van der Waals surface area contributed by atoms with Crippen LogP contribution in [0, 0.1) is 12.7 Å². The molecule has 1 N–H and O–H groups in total. The van der Waals surface area contributed by atoms with E-state index in [1.807, 2.05) is 25.1 Å². The average Bonchev–Trinajstić information content (AvgIpc) is 2.38. The smallest absolute Gasteiger partial charge is 0.123 e. The van der Waals surface area contributed by atoms with E-state index in [1.54, 1.807) is 12.1 Å². The molecule has 18 heavy (non-hydrogen) atoms. The molecule has 2 aromatic rings. The predicted molar refractivity (Wildman–Crippen MR) is 67.8 cm³/mol. The maximum Gasteiger partial charge on any atom is 0.123 e. The molecule has 0 aliphatic rings. The molecule has 0 fully saturated rings.